The number of amides is 1. The average Bonchev–Trinajstić information content (AvgIpc) is 2.95. The number of carbonyl (C=O) groups excluding carboxylic acids is 1. The van der Waals surface area contributed by atoms with Gasteiger partial charge in [-0.2, -0.15) is 4.80 Å². The molecule has 1 N–H and O–H groups in total. The van der Waals surface area contributed by atoms with Crippen LogP contribution in [-0.4, -0.2) is 31.3 Å². The molecule has 0 saturated carbocycles. The van der Waals surface area contributed by atoms with Crippen LogP contribution in [0.2, 0.25) is 0 Å². The maximum absolute atomic E-state index is 11.7. The number of hydrogen-bond donors (Lipinski definition) is 1. The molecule has 8 nitrogen and oxygen atoms in total. The van der Waals surface area contributed by atoms with Crippen LogP contribution in [-0.2, 0) is 17.8 Å². The summed E-state index contributed by atoms with van der Waals surface area (Å²) in [5.41, 5.74) is 1.79. The molecule has 2 aromatic heterocycles. The molecular formula is C11H16N6O2. The maximum atomic E-state index is 11.7. The molecule has 8 heteroatoms. The molecule has 1 amide bonds. The van der Waals surface area contributed by atoms with Crippen LogP contribution in [0.25, 0.3) is 0 Å². The van der Waals surface area contributed by atoms with Crippen LogP contribution < -0.4 is 5.32 Å². The molecule has 0 aromatic carbocycles. The number of anilines is 1. The number of hydrogen-bond acceptors (Lipinski definition) is 6. The predicted molar refractivity (Wildman–Crippen MR) is 66.4 cm³/mol. The lowest BCUT2D eigenvalue weighted by molar-refractivity contribution is -0.116. The second-order valence-corrected chi connectivity index (χ2v) is 4.15. The number of rotatable bonds is 5. The lowest BCUT2D eigenvalue weighted by Gasteiger charge is -2.00. The minimum absolute atomic E-state index is 0.157. The van der Waals surface area contributed by atoms with Crippen molar-refractivity contribution in [3.05, 3.63) is 17.0 Å². The highest BCUT2D eigenvalue weighted by Crippen LogP contribution is 2.14. The molecule has 0 aliphatic rings. The van der Waals surface area contributed by atoms with Crippen LogP contribution in [0, 0.1) is 13.8 Å². The second-order valence-electron chi connectivity index (χ2n) is 4.15. The molecule has 0 aliphatic heterocycles. The van der Waals surface area contributed by atoms with E-state index in [1.54, 1.807) is 0 Å². The molecule has 0 aliphatic carbocycles. The van der Waals surface area contributed by atoms with Gasteiger partial charge in [0.2, 0.25) is 5.91 Å². The summed E-state index contributed by atoms with van der Waals surface area (Å²) in [5.74, 6) is 0.821. The first-order chi connectivity index (χ1) is 9.10. The Morgan fingerprint density at radius 1 is 1.42 bits per heavy atom. The van der Waals surface area contributed by atoms with Crippen molar-refractivity contribution in [3.8, 4) is 0 Å². The van der Waals surface area contributed by atoms with E-state index in [1.165, 1.54) is 4.80 Å². The van der Waals surface area contributed by atoms with E-state index in [9.17, 15) is 4.79 Å². The van der Waals surface area contributed by atoms with E-state index in [2.05, 4.69) is 25.9 Å². The van der Waals surface area contributed by atoms with E-state index in [1.807, 2.05) is 20.8 Å². The first-order valence-corrected chi connectivity index (χ1v) is 6.09. The fourth-order valence-electron chi connectivity index (χ4n) is 1.71. The van der Waals surface area contributed by atoms with Gasteiger partial charge in [0.15, 0.2) is 0 Å². The van der Waals surface area contributed by atoms with Crippen LogP contribution in [0.1, 0.15) is 30.4 Å². The van der Waals surface area contributed by atoms with Crippen LogP contribution in [0.4, 0.5) is 5.95 Å². The number of aromatic nitrogens is 5. The van der Waals surface area contributed by atoms with Gasteiger partial charge in [-0.3, -0.25) is 10.1 Å². The normalized spacial score (nSPS) is 10.7. The van der Waals surface area contributed by atoms with Gasteiger partial charge in [-0.1, -0.05) is 10.3 Å². The zero-order valence-electron chi connectivity index (χ0n) is 11.2. The van der Waals surface area contributed by atoms with Gasteiger partial charge in [0.25, 0.3) is 5.95 Å². The van der Waals surface area contributed by atoms with Gasteiger partial charge in [-0.25, -0.2) is 0 Å². The highest BCUT2D eigenvalue weighted by Gasteiger charge is 2.12. The van der Waals surface area contributed by atoms with Gasteiger partial charge in [-0.05, 0) is 32.4 Å². The third-order valence-corrected chi connectivity index (χ3v) is 2.77. The van der Waals surface area contributed by atoms with Gasteiger partial charge in [0.1, 0.15) is 5.76 Å². The third kappa shape index (κ3) is 3.15. The molecule has 0 radical (unpaired) electrons. The quantitative estimate of drug-likeness (QED) is 0.860. The molecule has 0 spiro atoms. The topological polar surface area (TPSA) is 98.7 Å². The van der Waals surface area contributed by atoms with Crippen molar-refractivity contribution in [2.24, 2.45) is 0 Å². The summed E-state index contributed by atoms with van der Waals surface area (Å²) in [5, 5.41) is 17.9. The van der Waals surface area contributed by atoms with Crippen LogP contribution in [0.15, 0.2) is 4.52 Å². The fraction of sp³-hybridized carbons (Fsp3) is 0.545. The summed E-state index contributed by atoms with van der Waals surface area (Å²) in [7, 11) is 0. The van der Waals surface area contributed by atoms with Gasteiger partial charge in [-0.15, -0.1) is 5.10 Å². The molecule has 0 fully saturated rings. The predicted octanol–water partition coefficient (Wildman–Crippen LogP) is 0.869. The SMILES string of the molecule is CCn1nnc(NC(=O)CCc2c(C)noc2C)n1. The lowest BCUT2D eigenvalue weighted by atomic mass is 10.1. The van der Waals surface area contributed by atoms with Gasteiger partial charge < -0.3 is 4.52 Å². The summed E-state index contributed by atoms with van der Waals surface area (Å²) in [4.78, 5) is 13.2. The molecule has 2 rings (SSSR count). The minimum atomic E-state index is -0.157. The summed E-state index contributed by atoms with van der Waals surface area (Å²) in [6, 6.07) is 0. The zero-order valence-corrected chi connectivity index (χ0v) is 11.2. The number of carbonyl (C=O) groups is 1. The molecule has 0 bridgehead atoms. The van der Waals surface area contributed by atoms with Crippen molar-refractivity contribution in [1.29, 1.82) is 0 Å². The van der Waals surface area contributed by atoms with Crippen LogP contribution >= 0.6 is 0 Å². The molecule has 2 heterocycles. The average molecular weight is 264 g/mol. The Morgan fingerprint density at radius 2 is 2.21 bits per heavy atom. The molecule has 2 aromatic rings. The van der Waals surface area contributed by atoms with E-state index in [0.29, 0.717) is 19.4 Å². The van der Waals surface area contributed by atoms with Gasteiger partial charge in [0, 0.05) is 12.0 Å². The molecule has 0 saturated heterocycles. The van der Waals surface area contributed by atoms with Crippen molar-refractivity contribution in [2.45, 2.75) is 40.2 Å². The third-order valence-electron chi connectivity index (χ3n) is 2.77. The zero-order chi connectivity index (χ0) is 13.8. The van der Waals surface area contributed by atoms with Crippen molar-refractivity contribution >= 4 is 11.9 Å². The van der Waals surface area contributed by atoms with E-state index in [-0.39, 0.29) is 11.9 Å². The maximum Gasteiger partial charge on any atom is 0.270 e. The van der Waals surface area contributed by atoms with Gasteiger partial charge in [0.05, 0.1) is 12.2 Å². The minimum Gasteiger partial charge on any atom is -0.361 e. The van der Waals surface area contributed by atoms with E-state index < -0.39 is 0 Å². The fourth-order valence-corrected chi connectivity index (χ4v) is 1.71. The molecule has 0 atom stereocenters. The van der Waals surface area contributed by atoms with Crippen LogP contribution in [0.3, 0.4) is 0 Å². The standard InChI is InChI=1S/C11H16N6O2/c1-4-17-14-11(13-16-17)12-10(18)6-5-9-7(2)15-19-8(9)3/h4-6H2,1-3H3,(H,12,14,18). The molecule has 0 unspecified atom stereocenters. The highest BCUT2D eigenvalue weighted by molar-refractivity contribution is 5.88. The summed E-state index contributed by atoms with van der Waals surface area (Å²) in [6.07, 6.45) is 0.901. The monoisotopic (exact) mass is 264 g/mol. The number of tetrazole rings is 1. The first kappa shape index (κ1) is 13.2. The Kier molecular flexibility index (Phi) is 3.88. The highest BCUT2D eigenvalue weighted by atomic mass is 16.5. The first-order valence-electron chi connectivity index (χ1n) is 6.09. The summed E-state index contributed by atoms with van der Waals surface area (Å²) < 4.78 is 5.04. The van der Waals surface area contributed by atoms with E-state index in [0.717, 1.165) is 17.0 Å². The molecule has 19 heavy (non-hydrogen) atoms. The Morgan fingerprint density at radius 3 is 2.79 bits per heavy atom. The lowest BCUT2D eigenvalue weighted by Crippen LogP contribution is -2.14. The van der Waals surface area contributed by atoms with Crippen molar-refractivity contribution < 1.29 is 9.32 Å². The number of nitrogens with zero attached hydrogens (tertiary/aromatic N) is 5. The van der Waals surface area contributed by atoms with E-state index >= 15 is 0 Å². The Hall–Kier alpha value is -2.25. The smallest absolute Gasteiger partial charge is 0.270 e. The largest absolute Gasteiger partial charge is 0.361 e. The summed E-state index contributed by atoms with van der Waals surface area (Å²) in [6.45, 7) is 6.20. The summed E-state index contributed by atoms with van der Waals surface area (Å²) >= 11 is 0. The Bertz CT molecular complexity index is 554. The Labute approximate surface area is 110 Å². The Balaban J connectivity index is 1.88. The molecular weight excluding hydrogens is 248 g/mol. The molecule has 102 valence electrons. The van der Waals surface area contributed by atoms with Gasteiger partial charge >= 0.3 is 0 Å². The number of aryl methyl sites for hydroxylation is 3. The van der Waals surface area contributed by atoms with Crippen molar-refractivity contribution in [2.75, 3.05) is 5.32 Å². The van der Waals surface area contributed by atoms with Crippen molar-refractivity contribution in [1.82, 2.24) is 25.4 Å². The van der Waals surface area contributed by atoms with Crippen molar-refractivity contribution in [3.63, 3.8) is 0 Å². The van der Waals surface area contributed by atoms with Crippen LogP contribution in [0.5, 0.6) is 0 Å². The number of nitrogens with one attached hydrogen (secondary N) is 1. The van der Waals surface area contributed by atoms with E-state index in [4.69, 9.17) is 4.52 Å². The second kappa shape index (κ2) is 5.59.